The number of halogens is 3. The number of aromatic nitrogens is 1. The molecule has 1 aliphatic carbocycles. The summed E-state index contributed by atoms with van der Waals surface area (Å²) >= 11 is 0. The first-order chi connectivity index (χ1) is 13.5. The molecular formula is C21H23F3N2O3. The van der Waals surface area contributed by atoms with Crippen molar-refractivity contribution in [2.24, 2.45) is 0 Å². The topological polar surface area (TPSA) is 71.2 Å². The van der Waals surface area contributed by atoms with Gasteiger partial charge in [-0.3, -0.25) is 4.79 Å². The molecular weight excluding hydrogens is 385 g/mol. The summed E-state index contributed by atoms with van der Waals surface area (Å²) < 4.78 is 44.9. The Labute approximate surface area is 166 Å². The van der Waals surface area contributed by atoms with Gasteiger partial charge in [0.05, 0.1) is 17.2 Å². The van der Waals surface area contributed by atoms with Crippen LogP contribution in [0.4, 0.5) is 13.2 Å². The lowest BCUT2D eigenvalue weighted by Gasteiger charge is -2.12. The summed E-state index contributed by atoms with van der Waals surface area (Å²) in [5, 5.41) is 2.77. The molecule has 0 bridgehead atoms. The molecule has 1 amide bonds. The molecule has 0 saturated heterocycles. The van der Waals surface area contributed by atoms with E-state index < -0.39 is 29.5 Å². The summed E-state index contributed by atoms with van der Waals surface area (Å²) in [6.07, 6.45) is -4.30. The first-order valence-electron chi connectivity index (χ1n) is 9.37. The summed E-state index contributed by atoms with van der Waals surface area (Å²) in [6, 6.07) is 5.03. The van der Waals surface area contributed by atoms with E-state index in [-0.39, 0.29) is 23.4 Å². The van der Waals surface area contributed by atoms with Crippen molar-refractivity contribution in [3.8, 4) is 0 Å². The fourth-order valence-electron chi connectivity index (χ4n) is 3.57. The summed E-state index contributed by atoms with van der Waals surface area (Å²) in [6.45, 7) is 6.77. The molecule has 3 rings (SSSR count). The van der Waals surface area contributed by atoms with Gasteiger partial charge in [-0.25, -0.2) is 4.79 Å². The Morgan fingerprint density at radius 1 is 1.21 bits per heavy atom. The van der Waals surface area contributed by atoms with Crippen molar-refractivity contribution < 1.29 is 27.5 Å². The Morgan fingerprint density at radius 2 is 1.86 bits per heavy atom. The van der Waals surface area contributed by atoms with Crippen molar-refractivity contribution in [1.82, 2.24) is 10.3 Å². The zero-order valence-corrected chi connectivity index (χ0v) is 16.6. The number of hydrogen-bond acceptors (Lipinski definition) is 3. The van der Waals surface area contributed by atoms with E-state index in [1.54, 1.807) is 33.8 Å². The predicted molar refractivity (Wildman–Crippen MR) is 101 cm³/mol. The van der Waals surface area contributed by atoms with Crippen LogP contribution in [0.25, 0.3) is 0 Å². The summed E-state index contributed by atoms with van der Waals surface area (Å²) in [5.41, 5.74) is 0.997. The van der Waals surface area contributed by atoms with Crippen molar-refractivity contribution in [2.45, 2.75) is 58.4 Å². The second-order valence-electron chi connectivity index (χ2n) is 7.59. The zero-order chi connectivity index (χ0) is 21.5. The van der Waals surface area contributed by atoms with Gasteiger partial charge < -0.3 is 15.0 Å². The average Bonchev–Trinajstić information content (AvgIpc) is 3.29. The number of ether oxygens (including phenoxy) is 1. The fourth-order valence-corrected chi connectivity index (χ4v) is 3.57. The van der Waals surface area contributed by atoms with Crippen molar-refractivity contribution >= 4 is 11.9 Å². The van der Waals surface area contributed by atoms with E-state index in [4.69, 9.17) is 4.74 Å². The van der Waals surface area contributed by atoms with Crippen LogP contribution in [-0.4, -0.2) is 29.0 Å². The van der Waals surface area contributed by atoms with Gasteiger partial charge in [-0.05, 0) is 51.3 Å². The smallest absolute Gasteiger partial charge is 0.416 e. The summed E-state index contributed by atoms with van der Waals surface area (Å²) in [4.78, 5) is 27.8. The maximum Gasteiger partial charge on any atom is 0.416 e. The molecule has 1 aromatic carbocycles. The molecule has 1 aromatic heterocycles. The first-order valence-corrected chi connectivity index (χ1v) is 9.37. The highest BCUT2D eigenvalue weighted by molar-refractivity contribution is 6.00. The van der Waals surface area contributed by atoms with Gasteiger partial charge in [0.15, 0.2) is 0 Å². The van der Waals surface area contributed by atoms with Crippen LogP contribution in [0.5, 0.6) is 0 Å². The minimum absolute atomic E-state index is 0.186. The Balaban J connectivity index is 1.75. The maximum absolute atomic E-state index is 13.2. The number of nitrogens with one attached hydrogen (secondary N) is 2. The first kappa shape index (κ1) is 21.0. The molecule has 5 nitrogen and oxygen atoms in total. The highest BCUT2D eigenvalue weighted by Gasteiger charge is 2.45. The third kappa shape index (κ3) is 4.31. The van der Waals surface area contributed by atoms with Gasteiger partial charge in [0.1, 0.15) is 5.69 Å². The second-order valence-corrected chi connectivity index (χ2v) is 7.59. The molecule has 1 saturated carbocycles. The third-order valence-electron chi connectivity index (χ3n) is 4.98. The molecule has 29 heavy (non-hydrogen) atoms. The van der Waals surface area contributed by atoms with Crippen molar-refractivity contribution in [3.05, 3.63) is 57.9 Å². The molecule has 1 heterocycles. The number of benzene rings is 1. The van der Waals surface area contributed by atoms with Gasteiger partial charge in [0.2, 0.25) is 0 Å². The van der Waals surface area contributed by atoms with Crippen LogP contribution in [0.3, 0.4) is 0 Å². The van der Waals surface area contributed by atoms with Crippen LogP contribution in [0.2, 0.25) is 0 Å². The molecule has 8 heteroatoms. The Morgan fingerprint density at radius 3 is 2.48 bits per heavy atom. The lowest BCUT2D eigenvalue weighted by atomic mass is 10.0. The van der Waals surface area contributed by atoms with Crippen molar-refractivity contribution in [2.75, 3.05) is 0 Å². The lowest BCUT2D eigenvalue weighted by molar-refractivity contribution is -0.138. The van der Waals surface area contributed by atoms with E-state index in [1.165, 1.54) is 12.1 Å². The highest BCUT2D eigenvalue weighted by atomic mass is 19.4. The molecule has 1 aliphatic rings. The van der Waals surface area contributed by atoms with Gasteiger partial charge in [-0.1, -0.05) is 18.2 Å². The minimum atomic E-state index is -4.44. The van der Waals surface area contributed by atoms with E-state index in [9.17, 15) is 22.8 Å². The third-order valence-corrected chi connectivity index (χ3v) is 4.98. The largest absolute Gasteiger partial charge is 0.459 e. The van der Waals surface area contributed by atoms with Gasteiger partial charge in [0.25, 0.3) is 5.91 Å². The Hall–Kier alpha value is -2.77. The number of aromatic amines is 1. The average molecular weight is 408 g/mol. The summed E-state index contributed by atoms with van der Waals surface area (Å²) in [7, 11) is 0. The van der Waals surface area contributed by atoms with Gasteiger partial charge in [-0.15, -0.1) is 0 Å². The van der Waals surface area contributed by atoms with Crippen molar-refractivity contribution in [3.63, 3.8) is 0 Å². The maximum atomic E-state index is 13.2. The van der Waals surface area contributed by atoms with E-state index in [0.717, 1.165) is 6.07 Å². The van der Waals surface area contributed by atoms with Crippen LogP contribution in [-0.2, 0) is 10.9 Å². The SMILES string of the molecule is Cc1[nH]c(C(=O)NC2CC2c2ccccc2C(F)(F)F)c(C)c1C(=O)OC(C)C. The zero-order valence-electron chi connectivity index (χ0n) is 16.6. The van der Waals surface area contributed by atoms with Gasteiger partial charge in [-0.2, -0.15) is 13.2 Å². The number of carbonyl (C=O) groups is 2. The van der Waals surface area contributed by atoms with Crippen LogP contribution in [0.15, 0.2) is 24.3 Å². The number of carbonyl (C=O) groups excluding carboxylic acids is 2. The predicted octanol–water partition coefficient (Wildman–Crippen LogP) is 4.50. The number of hydrogen-bond donors (Lipinski definition) is 2. The van der Waals surface area contributed by atoms with Crippen LogP contribution in [0.1, 0.15) is 69.4 Å². The van der Waals surface area contributed by atoms with Crippen molar-refractivity contribution in [1.29, 1.82) is 0 Å². The van der Waals surface area contributed by atoms with E-state index in [1.807, 2.05) is 0 Å². The molecule has 2 aromatic rings. The van der Waals surface area contributed by atoms with Gasteiger partial charge >= 0.3 is 12.1 Å². The summed E-state index contributed by atoms with van der Waals surface area (Å²) in [5.74, 6) is -1.36. The van der Waals surface area contributed by atoms with E-state index >= 15 is 0 Å². The highest BCUT2D eigenvalue weighted by Crippen LogP contribution is 2.46. The molecule has 2 unspecified atom stereocenters. The van der Waals surface area contributed by atoms with Crippen LogP contribution >= 0.6 is 0 Å². The van der Waals surface area contributed by atoms with Gasteiger partial charge in [0, 0.05) is 17.7 Å². The minimum Gasteiger partial charge on any atom is -0.459 e. The molecule has 0 spiro atoms. The van der Waals surface area contributed by atoms with Crippen LogP contribution < -0.4 is 5.32 Å². The monoisotopic (exact) mass is 408 g/mol. The Kier molecular flexibility index (Phi) is 5.47. The fraction of sp³-hybridized carbons (Fsp3) is 0.429. The van der Waals surface area contributed by atoms with Crippen LogP contribution in [0, 0.1) is 13.8 Å². The second kappa shape index (κ2) is 7.57. The molecule has 1 fully saturated rings. The number of amides is 1. The Bertz CT molecular complexity index is 947. The van der Waals surface area contributed by atoms with E-state index in [2.05, 4.69) is 10.3 Å². The molecule has 156 valence electrons. The lowest BCUT2D eigenvalue weighted by Crippen LogP contribution is -2.28. The van der Waals surface area contributed by atoms with E-state index in [0.29, 0.717) is 23.2 Å². The normalized spacial score (nSPS) is 18.6. The number of rotatable bonds is 5. The molecule has 2 N–H and O–H groups in total. The number of esters is 1. The molecule has 0 aliphatic heterocycles. The molecule has 0 radical (unpaired) electrons. The number of aryl methyl sites for hydroxylation is 1. The number of H-pyrrole nitrogens is 1. The molecule has 2 atom stereocenters. The standard InChI is InChI=1S/C21H23F3N2O3/c1-10(2)29-20(28)17-11(3)18(25-12(17)4)19(27)26-16-9-14(16)13-7-5-6-8-15(13)21(22,23)24/h5-8,10,14,16,25H,9H2,1-4H3,(H,26,27). The quantitative estimate of drug-likeness (QED) is 0.716. The number of alkyl halides is 3.